The summed E-state index contributed by atoms with van der Waals surface area (Å²) in [7, 11) is -14.3. The molecule has 0 saturated carbocycles. The highest BCUT2D eigenvalue weighted by molar-refractivity contribution is 7.98. The standard InChI is InChI=1S/C50H57N11O11S6/c1-9-60(10-2)29-16-18-34(56-58-44-42(77(67,68)69)32-23-49(5,6)25-38(62)40(32)74-44)36(21-29)51-46-53-47(55-48(54-46)73-27-28-14-13-15-31(20-28)76(64,65)66)52-37-22-30(61(11-3)12-4)17-19-35(37)57-59-45-43(78(70,71)72)33-24-50(7,8)26-39(63)41(33)75-45/h13-22H,9-12,23-27H2,1-8H3,(H,64,65,66)(H,67,68,69)(H,70,71,72)(H2,51,52,53,54,55)/b58-56+,59-57+. The van der Waals surface area contributed by atoms with Crippen LogP contribution in [0.2, 0.25) is 0 Å². The fourth-order valence-corrected chi connectivity index (χ4v) is 15.1. The molecule has 0 radical (unpaired) electrons. The number of hydrogen-bond donors (Lipinski definition) is 5. The minimum atomic E-state index is -4.87. The molecule has 3 heterocycles. The van der Waals surface area contributed by atoms with Crippen LogP contribution in [-0.4, -0.2) is 91.6 Å². The zero-order valence-electron chi connectivity index (χ0n) is 43.7. The summed E-state index contributed by atoms with van der Waals surface area (Å²) in [4.78, 5) is 44.0. The lowest BCUT2D eigenvalue weighted by molar-refractivity contribution is 0.0907. The van der Waals surface area contributed by atoms with Gasteiger partial charge in [0.2, 0.25) is 11.9 Å². The van der Waals surface area contributed by atoms with Gasteiger partial charge >= 0.3 is 0 Å². The summed E-state index contributed by atoms with van der Waals surface area (Å²) in [5.41, 5.74) is 2.16. The molecule has 0 bridgehead atoms. The summed E-state index contributed by atoms with van der Waals surface area (Å²) >= 11 is 2.76. The van der Waals surface area contributed by atoms with Crippen LogP contribution in [0.15, 0.2) is 101 Å². The molecule has 2 aliphatic carbocycles. The maximum Gasteiger partial charge on any atom is 0.297 e. The van der Waals surface area contributed by atoms with Crippen LogP contribution >= 0.6 is 34.4 Å². The molecule has 28 heteroatoms. The van der Waals surface area contributed by atoms with E-state index in [1.54, 1.807) is 42.5 Å². The van der Waals surface area contributed by atoms with Crippen molar-refractivity contribution in [1.82, 2.24) is 15.0 Å². The van der Waals surface area contributed by atoms with Crippen molar-refractivity contribution >= 4 is 132 Å². The van der Waals surface area contributed by atoms with Gasteiger partial charge in [-0.1, -0.05) is 51.6 Å². The number of nitrogens with one attached hydrogen (secondary N) is 2. The van der Waals surface area contributed by atoms with Crippen LogP contribution in [0.4, 0.5) is 56.0 Å². The maximum atomic E-state index is 13.3. The van der Waals surface area contributed by atoms with E-state index in [0.717, 1.165) is 45.8 Å². The number of fused-ring (bicyclic) bond motifs is 2. The van der Waals surface area contributed by atoms with Crippen molar-refractivity contribution in [2.75, 3.05) is 46.6 Å². The maximum absolute atomic E-state index is 13.3. The van der Waals surface area contributed by atoms with Crippen LogP contribution in [0.5, 0.6) is 0 Å². The molecule has 8 rings (SSSR count). The second-order valence-electron chi connectivity index (χ2n) is 20.0. The van der Waals surface area contributed by atoms with Gasteiger partial charge in [-0.25, -0.2) is 0 Å². The third-order valence-corrected chi connectivity index (χ3v) is 19.1. The Kier molecular flexibility index (Phi) is 16.8. The molecular weight excluding hydrogens is 1120 g/mol. The Morgan fingerprint density at radius 2 is 1.03 bits per heavy atom. The number of ketones is 2. The van der Waals surface area contributed by atoms with E-state index in [9.17, 15) is 48.5 Å². The third kappa shape index (κ3) is 13.1. The first-order chi connectivity index (χ1) is 36.6. The number of rotatable bonds is 20. The Labute approximate surface area is 464 Å². The first-order valence-corrected chi connectivity index (χ1v) is 31.5. The van der Waals surface area contributed by atoms with Crippen LogP contribution in [0.25, 0.3) is 0 Å². The molecule has 3 aromatic heterocycles. The van der Waals surface area contributed by atoms with Gasteiger partial charge in [0.15, 0.2) is 26.7 Å². The van der Waals surface area contributed by atoms with E-state index in [4.69, 9.17) is 15.0 Å². The normalized spacial score (nSPS) is 15.4. The molecule has 0 amide bonds. The molecule has 2 aliphatic rings. The Morgan fingerprint density at radius 3 is 1.42 bits per heavy atom. The van der Waals surface area contributed by atoms with Crippen molar-refractivity contribution < 1.29 is 48.5 Å². The van der Waals surface area contributed by atoms with Gasteiger partial charge in [-0.15, -0.1) is 43.1 Å². The highest BCUT2D eigenvalue weighted by Crippen LogP contribution is 2.49. The SMILES string of the molecule is CCN(CC)c1ccc(/N=N/c2sc3c(c2S(=O)(=O)O)CC(C)(C)CC3=O)c(Nc2nc(Nc3cc(N(CC)CC)ccc3/N=N/c3sc4c(c3S(=O)(=O)O)CC(C)(C)CC4=O)nc(SCc3cccc(S(=O)(=O)O)c3)n2)c1. The minimum Gasteiger partial charge on any atom is -0.372 e. The van der Waals surface area contributed by atoms with Crippen molar-refractivity contribution in [3.8, 4) is 0 Å². The molecule has 0 saturated heterocycles. The predicted molar refractivity (Wildman–Crippen MR) is 302 cm³/mol. The van der Waals surface area contributed by atoms with Crippen LogP contribution in [0, 0.1) is 10.8 Å². The topological polar surface area (TPSA) is 316 Å². The Bertz CT molecular complexity index is 3560. The van der Waals surface area contributed by atoms with E-state index in [2.05, 4.69) is 40.9 Å². The van der Waals surface area contributed by atoms with Crippen LogP contribution in [0.1, 0.15) is 104 Å². The number of azo groups is 2. The Morgan fingerprint density at radius 1 is 0.590 bits per heavy atom. The monoisotopic (exact) mass is 1180 g/mol. The summed E-state index contributed by atoms with van der Waals surface area (Å²) in [5.74, 6) is -0.532. The van der Waals surface area contributed by atoms with Crippen LogP contribution in [0.3, 0.4) is 0 Å². The minimum absolute atomic E-state index is 0.0505. The van der Waals surface area contributed by atoms with Gasteiger partial charge in [0.1, 0.15) is 21.2 Å². The summed E-state index contributed by atoms with van der Waals surface area (Å²) in [6.45, 7) is 17.7. The number of carbonyl (C=O) groups is 2. The molecule has 0 atom stereocenters. The van der Waals surface area contributed by atoms with Crippen LogP contribution < -0.4 is 20.4 Å². The van der Waals surface area contributed by atoms with Crippen molar-refractivity contribution in [1.29, 1.82) is 0 Å². The summed E-state index contributed by atoms with van der Waals surface area (Å²) in [5, 5.41) is 23.9. The average Bonchev–Trinajstić information content (AvgIpc) is 4.08. The van der Waals surface area contributed by atoms with Gasteiger partial charge in [0, 0.05) is 56.1 Å². The first kappa shape index (κ1) is 58.0. The molecule has 22 nitrogen and oxygen atoms in total. The second kappa shape index (κ2) is 22.6. The number of thiophene rings is 2. The van der Waals surface area contributed by atoms with E-state index >= 15 is 0 Å². The van der Waals surface area contributed by atoms with E-state index in [1.165, 1.54) is 18.2 Å². The van der Waals surface area contributed by atoms with Crippen LogP contribution in [-0.2, 0) is 48.9 Å². The number of benzene rings is 3. The first-order valence-electron chi connectivity index (χ1n) is 24.5. The van der Waals surface area contributed by atoms with Gasteiger partial charge in [0.25, 0.3) is 30.4 Å². The smallest absolute Gasteiger partial charge is 0.297 e. The number of carbonyl (C=O) groups excluding carboxylic acids is 2. The van der Waals surface area contributed by atoms with E-state index < -0.39 is 51.0 Å². The molecule has 414 valence electrons. The zero-order chi connectivity index (χ0) is 56.7. The van der Waals surface area contributed by atoms with Gasteiger partial charge in [-0.3, -0.25) is 23.2 Å². The Balaban J connectivity index is 1.25. The lowest BCUT2D eigenvalue weighted by Crippen LogP contribution is -2.26. The number of nitrogens with zero attached hydrogens (tertiary/aromatic N) is 9. The summed E-state index contributed by atoms with van der Waals surface area (Å²) in [6, 6.07) is 16.1. The Hall–Kier alpha value is -6.11. The van der Waals surface area contributed by atoms with Crippen molar-refractivity contribution in [3.05, 3.63) is 87.1 Å². The molecule has 0 aliphatic heterocycles. The predicted octanol–water partition coefficient (Wildman–Crippen LogP) is 12.3. The summed E-state index contributed by atoms with van der Waals surface area (Å²) < 4.78 is 107. The van der Waals surface area contributed by atoms with Crippen molar-refractivity contribution in [3.63, 3.8) is 0 Å². The number of hydrogen-bond acceptors (Lipinski definition) is 22. The second-order valence-corrected chi connectivity index (χ2v) is 27.1. The number of anilines is 6. The molecule has 0 fully saturated rings. The number of aromatic nitrogens is 3. The van der Waals surface area contributed by atoms with Gasteiger partial charge in [-0.05, 0) is 117 Å². The van der Waals surface area contributed by atoms with E-state index in [-0.39, 0.29) is 119 Å². The lowest BCUT2D eigenvalue weighted by atomic mass is 9.76. The third-order valence-electron chi connectivity index (χ3n) is 12.9. The highest BCUT2D eigenvalue weighted by atomic mass is 32.2. The molecular formula is C50H57N11O11S6. The molecule has 3 aromatic carbocycles. The molecule has 0 spiro atoms. The molecule has 78 heavy (non-hydrogen) atoms. The lowest BCUT2D eigenvalue weighted by Gasteiger charge is -2.28. The van der Waals surface area contributed by atoms with E-state index in [1.807, 2.05) is 55.4 Å². The summed E-state index contributed by atoms with van der Waals surface area (Å²) in [6.07, 6.45) is 0.760. The highest BCUT2D eigenvalue weighted by Gasteiger charge is 2.40. The molecule has 6 aromatic rings. The molecule has 5 N–H and O–H groups in total. The molecule has 0 unspecified atom stereocenters. The van der Waals surface area contributed by atoms with Gasteiger partial charge in [0.05, 0.1) is 26.0 Å². The zero-order valence-corrected chi connectivity index (χ0v) is 48.6. The average molecular weight is 1180 g/mol. The van der Waals surface area contributed by atoms with E-state index in [0.29, 0.717) is 31.7 Å². The fourth-order valence-electron chi connectivity index (χ4n) is 9.33. The van der Waals surface area contributed by atoms with Crippen molar-refractivity contribution in [2.45, 2.75) is 107 Å². The quantitative estimate of drug-likeness (QED) is 0.0269. The largest absolute Gasteiger partial charge is 0.372 e. The fraction of sp³-hybridized carbons (Fsp3) is 0.380. The van der Waals surface area contributed by atoms with Gasteiger partial charge in [-0.2, -0.15) is 40.2 Å². The van der Waals surface area contributed by atoms with Crippen molar-refractivity contribution in [2.24, 2.45) is 31.3 Å². The number of Topliss-reactive ketones (excluding diaryl/α,β-unsaturated/α-hetero) is 2. The number of thioether (sulfide) groups is 1. The van der Waals surface area contributed by atoms with Gasteiger partial charge < -0.3 is 20.4 Å².